The minimum atomic E-state index is -7.22. The molecule has 366 valence electrons. The minimum Gasteiger partial charge on any atom is -0.478 e. The Morgan fingerprint density at radius 2 is 0.732 bits per heavy atom. The Kier molecular flexibility index (Phi) is 13.7. The summed E-state index contributed by atoms with van der Waals surface area (Å²) in [4.78, 5) is 11.4. The Morgan fingerprint density at radius 1 is 0.394 bits per heavy atom. The molecule has 3 nitrogen and oxygen atoms in total. The van der Waals surface area contributed by atoms with Crippen LogP contribution in [0.25, 0.3) is 22.0 Å². The lowest BCUT2D eigenvalue weighted by molar-refractivity contribution is -0.676. The summed E-state index contributed by atoms with van der Waals surface area (Å²) in [5, 5.41) is 11.6. The molecule has 0 atom stereocenters. The molecule has 0 aliphatic rings. The summed E-state index contributed by atoms with van der Waals surface area (Å²) in [6.07, 6.45) is -5.15. The number of fused-ring (bicyclic) bond motifs is 1. The van der Waals surface area contributed by atoms with E-state index in [-0.39, 0.29) is 0 Å². The van der Waals surface area contributed by atoms with Gasteiger partial charge >= 0.3 is 5.97 Å². The maximum Gasteiger partial charge on any atom is 0.335 e. The van der Waals surface area contributed by atoms with Crippen LogP contribution >= 0.6 is 0 Å². The number of rotatable bonds is 8. The molecule has 1 heterocycles. The van der Waals surface area contributed by atoms with E-state index in [9.17, 15) is 62.6 Å². The van der Waals surface area contributed by atoms with E-state index in [1.165, 1.54) is 5.56 Å². The van der Waals surface area contributed by atoms with E-state index in [0.717, 1.165) is 28.6 Å². The van der Waals surface area contributed by atoms with Crippen LogP contribution in [0.4, 0.5) is 87.8 Å². The first-order chi connectivity index (χ1) is 33.4. The number of carboxylic acids is 1. The van der Waals surface area contributed by atoms with Crippen LogP contribution in [0.5, 0.6) is 0 Å². The van der Waals surface area contributed by atoms with Crippen LogP contribution in [0, 0.1) is 116 Å². The zero-order valence-corrected chi connectivity index (χ0v) is 34.3. The van der Waals surface area contributed by atoms with Gasteiger partial charge in [-0.25, -0.2) is 92.6 Å². The van der Waals surface area contributed by atoms with Crippen molar-refractivity contribution in [2.75, 3.05) is 0 Å². The fourth-order valence-electron chi connectivity index (χ4n) is 8.16. The van der Waals surface area contributed by atoms with E-state index >= 15 is 35.1 Å². The molecule has 0 aliphatic heterocycles. The van der Waals surface area contributed by atoms with E-state index in [4.69, 9.17) is 0 Å². The summed E-state index contributed by atoms with van der Waals surface area (Å²) >= 11 is 0. The summed E-state index contributed by atoms with van der Waals surface area (Å²) in [5.41, 5.74) is -10.9. The molecule has 0 fully saturated rings. The van der Waals surface area contributed by atoms with Crippen molar-refractivity contribution < 1.29 is 102 Å². The van der Waals surface area contributed by atoms with Gasteiger partial charge in [0.15, 0.2) is 82.5 Å². The second kappa shape index (κ2) is 19.1. The second-order valence-electron chi connectivity index (χ2n) is 15.1. The average molecular weight is 1020 g/mol. The van der Waals surface area contributed by atoms with Crippen molar-refractivity contribution in [1.29, 1.82) is 0 Å². The Bertz CT molecular complexity index is 3120. The van der Waals surface area contributed by atoms with Crippen LogP contribution < -0.4 is 26.4 Å². The third-order valence-electron chi connectivity index (χ3n) is 11.2. The summed E-state index contributed by atoms with van der Waals surface area (Å²) < 4.78 is 296. The van der Waals surface area contributed by atoms with Gasteiger partial charge in [-0.1, -0.05) is 54.6 Å². The van der Waals surface area contributed by atoms with Gasteiger partial charge in [0.05, 0.1) is 10.9 Å². The molecule has 24 heteroatoms. The summed E-state index contributed by atoms with van der Waals surface area (Å²) in [6, 6.07) is 27.7. The van der Waals surface area contributed by atoms with Crippen molar-refractivity contribution >= 4 is 44.7 Å². The first-order valence-electron chi connectivity index (χ1n) is 19.4. The molecule has 8 rings (SSSR count). The van der Waals surface area contributed by atoms with Gasteiger partial charge in [-0.05, 0) is 29.7 Å². The van der Waals surface area contributed by atoms with Gasteiger partial charge in [0, 0.05) is 17.2 Å². The topological polar surface area (TPSA) is 41.2 Å². The van der Waals surface area contributed by atoms with E-state index in [1.54, 1.807) is 18.2 Å². The van der Waals surface area contributed by atoms with E-state index in [0.29, 0.717) is 5.56 Å². The Labute approximate surface area is 383 Å². The Hall–Kier alpha value is -7.92. The number of hydrogen-bond acceptors (Lipinski definition) is 1. The number of nitrogens with zero attached hydrogens (tertiary/aromatic N) is 1. The number of aromatic nitrogens is 1. The zero-order chi connectivity index (χ0) is 52.3. The molecule has 0 aliphatic carbocycles. The lowest BCUT2D eigenvalue weighted by atomic mass is 9.12. The molecular weight excluding hydrogens is 1000 g/mol. The van der Waals surface area contributed by atoms with Gasteiger partial charge in [-0.2, -0.15) is 4.57 Å². The second-order valence-corrected chi connectivity index (χ2v) is 15.1. The largest absolute Gasteiger partial charge is 0.478 e. The number of benzene rings is 7. The molecule has 7 aromatic carbocycles. The molecule has 0 saturated heterocycles. The third kappa shape index (κ3) is 8.13. The highest BCUT2D eigenvalue weighted by atomic mass is 19.2. The van der Waals surface area contributed by atoms with Gasteiger partial charge in [-0.15, -0.1) is 21.9 Å². The van der Waals surface area contributed by atoms with Crippen molar-refractivity contribution in [1.82, 2.24) is 0 Å². The number of carboxylic acid groups (broad SMARTS) is 1. The number of aromatic carboxylic acids is 1. The highest BCUT2D eigenvalue weighted by Crippen LogP contribution is 2.32. The minimum absolute atomic E-state index is 0.293. The molecule has 0 radical (unpaired) electrons. The first kappa shape index (κ1) is 50.9. The van der Waals surface area contributed by atoms with Crippen molar-refractivity contribution in [3.63, 3.8) is 0 Å². The molecular formula is C47H18BF20NO2. The molecule has 0 amide bonds. The predicted octanol–water partition coefficient (Wildman–Crippen LogP) is 10.4. The molecule has 0 spiro atoms. The highest BCUT2D eigenvalue weighted by molar-refractivity contribution is 7.20. The van der Waals surface area contributed by atoms with Crippen LogP contribution in [0.2, 0.25) is 0 Å². The van der Waals surface area contributed by atoms with Crippen molar-refractivity contribution in [3.05, 3.63) is 219 Å². The van der Waals surface area contributed by atoms with Crippen LogP contribution in [0.3, 0.4) is 0 Å². The van der Waals surface area contributed by atoms with Gasteiger partial charge in [0.2, 0.25) is 5.69 Å². The molecule has 0 unspecified atom stereocenters. The van der Waals surface area contributed by atoms with E-state index in [2.05, 4.69) is 41.1 Å². The molecule has 1 N–H and O–H groups in total. The molecule has 71 heavy (non-hydrogen) atoms. The van der Waals surface area contributed by atoms with Gasteiger partial charge in [0.1, 0.15) is 52.7 Å². The molecule has 0 saturated carbocycles. The monoisotopic (exact) mass is 1020 g/mol. The summed E-state index contributed by atoms with van der Waals surface area (Å²) in [7, 11) is 0. The standard InChI is InChI=1S/C24BF20.C23H17NO2/c26-5-1(6(27)14(35)21(42)13(5)34)25(2-7(28)15(36)22(43)16(37)8(2)29,3-9(30)17(38)23(44)18(39)10(3)31)4-11(32)19(40)24(45)20(41)12(4)33;25-23(26)20-11-6-10-19(15-20)22-21-12-5-4-9-18(21)13-14-24(22)16-17-7-2-1-3-8-17/h;1-15H,16H2/q-1;/p+1. The van der Waals surface area contributed by atoms with Crippen LogP contribution in [0.15, 0.2) is 91.1 Å². The van der Waals surface area contributed by atoms with Crippen LogP contribution in [-0.2, 0) is 6.54 Å². The fourth-order valence-corrected chi connectivity index (χ4v) is 8.16. The fraction of sp³-hybridized carbons (Fsp3) is 0.0213. The quantitative estimate of drug-likeness (QED) is 0.0542. The van der Waals surface area contributed by atoms with Gasteiger partial charge < -0.3 is 5.11 Å². The Morgan fingerprint density at radius 3 is 1.10 bits per heavy atom. The summed E-state index contributed by atoms with van der Waals surface area (Å²) in [5.74, 6) is -72.3. The van der Waals surface area contributed by atoms with Gasteiger partial charge in [-0.3, -0.25) is 0 Å². The first-order valence-corrected chi connectivity index (χ1v) is 19.4. The lowest BCUT2D eigenvalue weighted by Crippen LogP contribution is -2.81. The number of pyridine rings is 1. The maximum absolute atomic E-state index is 15.4. The van der Waals surface area contributed by atoms with E-state index < -0.39 is 150 Å². The molecule has 0 bridgehead atoms. The third-order valence-corrected chi connectivity index (χ3v) is 11.2. The van der Waals surface area contributed by atoms with Crippen LogP contribution in [-0.4, -0.2) is 17.2 Å². The molecule has 8 aromatic rings. The van der Waals surface area contributed by atoms with Crippen LogP contribution in [0.1, 0.15) is 15.9 Å². The zero-order valence-electron chi connectivity index (χ0n) is 34.3. The highest BCUT2D eigenvalue weighted by Gasteiger charge is 2.52. The summed E-state index contributed by atoms with van der Waals surface area (Å²) in [6.45, 7) is 0.721. The maximum atomic E-state index is 15.4. The Balaban J connectivity index is 0.000000240. The lowest BCUT2D eigenvalue weighted by Gasteiger charge is -2.44. The van der Waals surface area contributed by atoms with Crippen molar-refractivity contribution in [3.8, 4) is 11.3 Å². The van der Waals surface area contributed by atoms with Crippen molar-refractivity contribution in [2.45, 2.75) is 6.54 Å². The number of hydrogen-bond donors (Lipinski definition) is 1. The smallest absolute Gasteiger partial charge is 0.335 e. The SMILES string of the molecule is Fc1c(F)c(F)c([B-](c2c(F)c(F)c(F)c(F)c2F)(c2c(F)c(F)c(F)c(F)c2F)c2c(F)c(F)c(F)c(F)c2F)c(F)c1F.O=C(O)c1cccc(-c2c3ccccc3cc[n+]2Cc2ccccc2)c1. The predicted molar refractivity (Wildman–Crippen MR) is 211 cm³/mol. The normalized spacial score (nSPS) is 11.5. The number of carbonyl (C=O) groups is 1. The number of halogens is 20. The average Bonchev–Trinajstić information content (AvgIpc) is 3.36. The van der Waals surface area contributed by atoms with Crippen molar-refractivity contribution in [2.24, 2.45) is 0 Å². The van der Waals surface area contributed by atoms with E-state index in [1.807, 2.05) is 36.4 Å². The molecule has 1 aromatic heterocycles. The van der Waals surface area contributed by atoms with Gasteiger partial charge in [0.25, 0.3) is 0 Å².